The number of hydrogen-bond donors (Lipinski definition) is 1. The number of ether oxygens (including phenoxy) is 2. The highest BCUT2D eigenvalue weighted by Crippen LogP contribution is 2.15. The number of rotatable bonds is 7. The third kappa shape index (κ3) is 18.6. The van der Waals surface area contributed by atoms with Gasteiger partial charge < -0.3 is 24.4 Å². The Bertz CT molecular complexity index is 1050. The van der Waals surface area contributed by atoms with E-state index in [-0.39, 0.29) is 23.7 Å². The van der Waals surface area contributed by atoms with Gasteiger partial charge >= 0.3 is 12.2 Å². The van der Waals surface area contributed by atoms with Gasteiger partial charge in [0.05, 0.1) is 4.90 Å². The first-order chi connectivity index (χ1) is 20.8. The number of aryl methyl sites for hydroxylation is 1. The van der Waals surface area contributed by atoms with Gasteiger partial charge in [0.15, 0.2) is 0 Å². The van der Waals surface area contributed by atoms with Crippen molar-refractivity contribution < 1.29 is 32.6 Å². The monoisotopic (exact) mass is 676 g/mol. The molecule has 2 aliphatic rings. The van der Waals surface area contributed by atoms with Gasteiger partial charge in [-0.3, -0.25) is 9.80 Å². The van der Waals surface area contributed by atoms with Crippen LogP contribution in [0.4, 0.5) is 9.59 Å². The van der Waals surface area contributed by atoms with Crippen LogP contribution in [0.2, 0.25) is 0 Å². The van der Waals surface area contributed by atoms with Crippen molar-refractivity contribution in [1.82, 2.24) is 19.6 Å². The lowest BCUT2D eigenvalue weighted by molar-refractivity contribution is 0.0133. The van der Waals surface area contributed by atoms with Crippen LogP contribution in [-0.2, 0) is 18.5 Å². The van der Waals surface area contributed by atoms with Crippen LogP contribution in [0, 0.1) is 6.92 Å². The molecule has 0 bridgehead atoms. The summed E-state index contributed by atoms with van der Waals surface area (Å²) in [5.74, 6) is 0. The molecule has 1 aromatic rings. The van der Waals surface area contributed by atoms with E-state index < -0.39 is 20.3 Å². The summed E-state index contributed by atoms with van der Waals surface area (Å²) in [7, 11) is 1.54. The van der Waals surface area contributed by atoms with Crippen LogP contribution in [-0.4, -0.2) is 129 Å². The Morgan fingerprint density at radius 2 is 1.13 bits per heavy atom. The van der Waals surface area contributed by atoms with E-state index in [1.54, 1.807) is 17.0 Å². The minimum atomic E-state index is -3.55. The molecule has 2 aliphatic heterocycles. The Kier molecular flexibility index (Phi) is 17.7. The van der Waals surface area contributed by atoms with Crippen molar-refractivity contribution >= 4 is 31.9 Å². The van der Waals surface area contributed by atoms with Crippen molar-refractivity contribution in [2.45, 2.75) is 90.7 Å². The standard InChI is InChI=1S/C13H26N2O2.C12H24N2O3.C7H7ClO2S/c1-5-6-7-14-8-10-15(11-9-14)12(16)17-13(2,3)4;1-12(2,3)17-11(16)14-8-6-13(7-9-14)5-4-10-15;1-6-2-4-7(5-3-6)11(8,9)10/h5-11H2,1-4H3;15H,4-10H2,1-3H3;2-5H,1H3. The molecule has 2 heterocycles. The van der Waals surface area contributed by atoms with E-state index in [1.807, 2.05) is 53.4 Å². The molecule has 45 heavy (non-hydrogen) atoms. The maximum atomic E-state index is 11.8. The van der Waals surface area contributed by atoms with Crippen molar-refractivity contribution in [1.29, 1.82) is 0 Å². The lowest BCUT2D eigenvalue weighted by atomic mass is 10.2. The number of hydrogen-bond acceptors (Lipinski definition) is 9. The maximum Gasteiger partial charge on any atom is 0.410 e. The largest absolute Gasteiger partial charge is 0.444 e. The lowest BCUT2D eigenvalue weighted by Crippen LogP contribution is -2.50. The molecule has 11 nitrogen and oxygen atoms in total. The third-order valence-corrected chi connectivity index (χ3v) is 8.18. The van der Waals surface area contributed by atoms with Gasteiger partial charge in [0.25, 0.3) is 9.05 Å². The second-order valence-electron chi connectivity index (χ2n) is 13.3. The predicted octanol–water partition coefficient (Wildman–Crippen LogP) is 5.18. The number of aliphatic hydroxyl groups excluding tert-OH is 1. The van der Waals surface area contributed by atoms with E-state index in [4.69, 9.17) is 25.3 Å². The molecule has 2 fully saturated rings. The highest BCUT2D eigenvalue weighted by molar-refractivity contribution is 8.13. The third-order valence-electron chi connectivity index (χ3n) is 6.81. The predicted molar refractivity (Wildman–Crippen MR) is 179 cm³/mol. The lowest BCUT2D eigenvalue weighted by Gasteiger charge is -2.35. The molecule has 0 saturated carbocycles. The molecule has 0 radical (unpaired) electrons. The minimum Gasteiger partial charge on any atom is -0.444 e. The van der Waals surface area contributed by atoms with Gasteiger partial charge in [-0.1, -0.05) is 31.0 Å². The van der Waals surface area contributed by atoms with E-state index in [0.29, 0.717) is 13.1 Å². The first-order valence-electron chi connectivity index (χ1n) is 15.9. The molecular formula is C32H57ClN4O7S. The zero-order chi connectivity index (χ0) is 34.3. The van der Waals surface area contributed by atoms with Crippen LogP contribution in [0.5, 0.6) is 0 Å². The number of unbranched alkanes of at least 4 members (excludes halogenated alkanes) is 1. The average molecular weight is 677 g/mol. The average Bonchev–Trinajstić information content (AvgIpc) is 2.94. The molecule has 0 atom stereocenters. The smallest absolute Gasteiger partial charge is 0.410 e. The second kappa shape index (κ2) is 19.5. The first kappa shape index (κ1) is 40.9. The Labute approximate surface area is 276 Å². The number of nitrogens with zero attached hydrogens (tertiary/aromatic N) is 4. The van der Waals surface area contributed by atoms with Crippen molar-refractivity contribution in [2.75, 3.05) is 72.1 Å². The summed E-state index contributed by atoms with van der Waals surface area (Å²) in [5.41, 5.74) is 0.190. The SMILES string of the molecule is CC(C)(C)OC(=O)N1CCN(CCCO)CC1.CCCCN1CCN(C(=O)OC(C)(C)C)CC1.Cc1ccc(S(=O)(=O)Cl)cc1. The summed E-state index contributed by atoms with van der Waals surface area (Å²) < 4.78 is 32.1. The Balaban J connectivity index is 0.000000346. The van der Waals surface area contributed by atoms with Crippen molar-refractivity contribution in [3.63, 3.8) is 0 Å². The molecular weight excluding hydrogens is 620 g/mol. The maximum absolute atomic E-state index is 11.8. The normalized spacial score (nSPS) is 16.6. The number of amides is 2. The number of aliphatic hydroxyl groups is 1. The summed E-state index contributed by atoms with van der Waals surface area (Å²) in [6, 6.07) is 6.37. The second-order valence-corrected chi connectivity index (χ2v) is 15.9. The van der Waals surface area contributed by atoms with E-state index in [1.165, 1.54) is 25.0 Å². The first-order valence-corrected chi connectivity index (χ1v) is 18.2. The van der Waals surface area contributed by atoms with Crippen LogP contribution >= 0.6 is 10.7 Å². The van der Waals surface area contributed by atoms with Crippen molar-refractivity contribution in [3.05, 3.63) is 29.8 Å². The Hall–Kier alpha value is -2.12. The number of carbonyl (C=O) groups is 2. The van der Waals surface area contributed by atoms with Gasteiger partial charge in [-0.05, 0) is 80.0 Å². The van der Waals surface area contributed by atoms with Crippen LogP contribution in [0.15, 0.2) is 29.2 Å². The highest BCUT2D eigenvalue weighted by Gasteiger charge is 2.26. The van der Waals surface area contributed by atoms with Crippen LogP contribution < -0.4 is 0 Å². The fraction of sp³-hybridized carbons (Fsp3) is 0.750. The molecule has 0 unspecified atom stereocenters. The van der Waals surface area contributed by atoms with Gasteiger partial charge in [-0.25, -0.2) is 18.0 Å². The summed E-state index contributed by atoms with van der Waals surface area (Å²) in [6.45, 7) is 24.4. The number of halogens is 1. The minimum absolute atomic E-state index is 0.143. The number of piperazine rings is 2. The van der Waals surface area contributed by atoms with Crippen molar-refractivity contribution in [3.8, 4) is 0 Å². The van der Waals surface area contributed by atoms with E-state index >= 15 is 0 Å². The topological polar surface area (TPSA) is 120 Å². The van der Waals surface area contributed by atoms with Gasteiger partial charge in [0.2, 0.25) is 0 Å². The van der Waals surface area contributed by atoms with E-state index in [9.17, 15) is 18.0 Å². The molecule has 260 valence electrons. The summed E-state index contributed by atoms with van der Waals surface area (Å²) >= 11 is 0. The van der Waals surface area contributed by atoms with E-state index in [0.717, 1.165) is 64.3 Å². The summed E-state index contributed by atoms with van der Waals surface area (Å²) in [6.07, 6.45) is 2.87. The molecule has 0 spiro atoms. The van der Waals surface area contributed by atoms with Crippen LogP contribution in [0.1, 0.15) is 73.3 Å². The molecule has 3 rings (SSSR count). The Morgan fingerprint density at radius 3 is 1.44 bits per heavy atom. The molecule has 2 amide bonds. The summed E-state index contributed by atoms with van der Waals surface area (Å²) in [5, 5.41) is 8.75. The Morgan fingerprint density at radius 1 is 0.756 bits per heavy atom. The quantitative estimate of drug-likeness (QED) is 0.390. The van der Waals surface area contributed by atoms with Gasteiger partial charge in [0.1, 0.15) is 11.2 Å². The van der Waals surface area contributed by atoms with Gasteiger partial charge in [-0.15, -0.1) is 0 Å². The van der Waals surface area contributed by atoms with Gasteiger partial charge in [0, 0.05) is 76.2 Å². The molecule has 1 aromatic carbocycles. The zero-order valence-corrected chi connectivity index (χ0v) is 30.3. The fourth-order valence-corrected chi connectivity index (χ4v) is 5.11. The van der Waals surface area contributed by atoms with Crippen LogP contribution in [0.3, 0.4) is 0 Å². The molecule has 13 heteroatoms. The van der Waals surface area contributed by atoms with Crippen molar-refractivity contribution in [2.24, 2.45) is 0 Å². The zero-order valence-electron chi connectivity index (χ0n) is 28.7. The number of benzene rings is 1. The molecule has 0 aliphatic carbocycles. The fourth-order valence-electron chi connectivity index (χ4n) is 4.34. The molecule has 2 saturated heterocycles. The van der Waals surface area contributed by atoms with E-state index in [2.05, 4.69) is 16.7 Å². The summed E-state index contributed by atoms with van der Waals surface area (Å²) in [4.78, 5) is 32.0. The highest BCUT2D eigenvalue weighted by atomic mass is 35.7. The molecule has 1 N–H and O–H groups in total. The number of carbonyl (C=O) groups excluding carboxylic acids is 2. The molecule has 0 aromatic heterocycles. The van der Waals surface area contributed by atoms with Gasteiger partial charge in [-0.2, -0.15) is 0 Å². The van der Waals surface area contributed by atoms with Crippen LogP contribution in [0.25, 0.3) is 0 Å².